The first-order valence-electron chi connectivity index (χ1n) is 8.62. The van der Waals surface area contributed by atoms with Crippen LogP contribution in [0.5, 0.6) is 5.75 Å². The van der Waals surface area contributed by atoms with Crippen molar-refractivity contribution in [3.05, 3.63) is 59.4 Å². The van der Waals surface area contributed by atoms with E-state index in [1.54, 1.807) is 0 Å². The number of rotatable bonds is 10. The number of pyridine rings is 1. The summed E-state index contributed by atoms with van der Waals surface area (Å²) in [7, 11) is 0. The van der Waals surface area contributed by atoms with Gasteiger partial charge in [-0.1, -0.05) is 25.1 Å². The summed E-state index contributed by atoms with van der Waals surface area (Å²) >= 11 is 0. The number of aliphatic hydroxyl groups is 1. The first-order chi connectivity index (χ1) is 11.7. The number of nitrogens with zero attached hydrogens (tertiary/aromatic N) is 1. The quantitative estimate of drug-likeness (QED) is 0.727. The van der Waals surface area contributed by atoms with E-state index in [-0.39, 0.29) is 0 Å². The maximum Gasteiger partial charge on any atom is 0.119 e. The number of hydrogen-bond acceptors (Lipinski definition) is 4. The van der Waals surface area contributed by atoms with Crippen molar-refractivity contribution in [1.29, 1.82) is 0 Å². The molecule has 0 aliphatic rings. The Morgan fingerprint density at radius 1 is 1.04 bits per heavy atom. The van der Waals surface area contributed by atoms with Gasteiger partial charge in [0.05, 0.1) is 19.3 Å². The molecule has 0 bridgehead atoms. The highest BCUT2D eigenvalue weighted by Crippen LogP contribution is 2.14. The second-order valence-corrected chi connectivity index (χ2v) is 5.77. The summed E-state index contributed by atoms with van der Waals surface area (Å²) in [5.41, 5.74) is 3.37. The molecule has 0 amide bonds. The molecule has 0 saturated heterocycles. The number of benzene rings is 1. The molecule has 1 unspecified atom stereocenters. The van der Waals surface area contributed by atoms with Crippen LogP contribution in [0.1, 0.15) is 30.7 Å². The van der Waals surface area contributed by atoms with Crippen molar-refractivity contribution in [3.63, 3.8) is 0 Å². The van der Waals surface area contributed by atoms with Crippen LogP contribution in [0, 0.1) is 0 Å². The Morgan fingerprint density at radius 3 is 2.42 bits per heavy atom. The number of aromatic nitrogens is 1. The topological polar surface area (TPSA) is 51.6 Å². The van der Waals surface area contributed by atoms with Gasteiger partial charge in [-0.25, -0.2) is 0 Å². The predicted molar refractivity (Wildman–Crippen MR) is 95.5 cm³/mol. The Balaban J connectivity index is 1.74. The summed E-state index contributed by atoms with van der Waals surface area (Å²) < 4.78 is 11.0. The van der Waals surface area contributed by atoms with E-state index >= 15 is 0 Å². The maximum atomic E-state index is 9.84. The molecule has 0 fully saturated rings. The lowest BCUT2D eigenvalue weighted by Gasteiger charge is -2.11. The van der Waals surface area contributed by atoms with Crippen molar-refractivity contribution < 1.29 is 14.6 Å². The van der Waals surface area contributed by atoms with Crippen LogP contribution in [-0.4, -0.2) is 36.0 Å². The van der Waals surface area contributed by atoms with Crippen LogP contribution in [0.2, 0.25) is 0 Å². The Kier molecular flexibility index (Phi) is 7.72. The van der Waals surface area contributed by atoms with Gasteiger partial charge in [0.25, 0.3) is 0 Å². The van der Waals surface area contributed by atoms with Gasteiger partial charge in [0.1, 0.15) is 5.75 Å². The van der Waals surface area contributed by atoms with E-state index in [1.807, 2.05) is 37.4 Å². The Morgan fingerprint density at radius 2 is 1.79 bits per heavy atom. The molecule has 4 heteroatoms. The summed E-state index contributed by atoms with van der Waals surface area (Å²) in [5, 5.41) is 9.84. The lowest BCUT2D eigenvalue weighted by atomic mass is 10.1. The molecular formula is C20H27NO3. The fraction of sp³-hybridized carbons (Fsp3) is 0.450. The van der Waals surface area contributed by atoms with E-state index in [2.05, 4.69) is 24.0 Å². The second-order valence-electron chi connectivity index (χ2n) is 5.77. The van der Waals surface area contributed by atoms with Crippen LogP contribution in [0.25, 0.3) is 0 Å². The van der Waals surface area contributed by atoms with Gasteiger partial charge in [-0.2, -0.15) is 0 Å². The SMILES string of the molecule is CCOCC(O)Cc1ccc(OCCc2ccc(CC)cn2)cc1. The third kappa shape index (κ3) is 6.30. The molecule has 0 aliphatic heterocycles. The zero-order valence-corrected chi connectivity index (χ0v) is 14.6. The van der Waals surface area contributed by atoms with Gasteiger partial charge in [0.15, 0.2) is 0 Å². The summed E-state index contributed by atoms with van der Waals surface area (Å²) in [5.74, 6) is 0.836. The van der Waals surface area contributed by atoms with E-state index < -0.39 is 6.10 Å². The smallest absolute Gasteiger partial charge is 0.119 e. The molecule has 24 heavy (non-hydrogen) atoms. The maximum absolute atomic E-state index is 9.84. The number of aryl methyl sites for hydroxylation is 1. The zero-order valence-electron chi connectivity index (χ0n) is 14.6. The molecule has 0 aliphatic carbocycles. The summed E-state index contributed by atoms with van der Waals surface area (Å²) in [6.07, 6.45) is 3.86. The molecule has 0 spiro atoms. The minimum absolute atomic E-state index is 0.374. The lowest BCUT2D eigenvalue weighted by molar-refractivity contribution is 0.0430. The van der Waals surface area contributed by atoms with E-state index in [4.69, 9.17) is 9.47 Å². The highest BCUT2D eigenvalue weighted by Gasteiger charge is 2.06. The van der Waals surface area contributed by atoms with E-state index in [9.17, 15) is 5.11 Å². The number of hydrogen-bond donors (Lipinski definition) is 1. The normalized spacial score (nSPS) is 12.1. The van der Waals surface area contributed by atoms with Gasteiger partial charge < -0.3 is 14.6 Å². The lowest BCUT2D eigenvalue weighted by Crippen LogP contribution is -2.18. The van der Waals surface area contributed by atoms with Gasteiger partial charge in [-0.05, 0) is 42.7 Å². The van der Waals surface area contributed by atoms with E-state index in [0.29, 0.717) is 26.2 Å². The highest BCUT2D eigenvalue weighted by atomic mass is 16.5. The van der Waals surface area contributed by atoms with E-state index in [1.165, 1.54) is 5.56 Å². The average molecular weight is 329 g/mol. The molecular weight excluding hydrogens is 302 g/mol. The van der Waals surface area contributed by atoms with E-state index in [0.717, 1.165) is 29.8 Å². The van der Waals surface area contributed by atoms with Crippen molar-refractivity contribution in [1.82, 2.24) is 4.98 Å². The molecule has 1 aromatic heterocycles. The van der Waals surface area contributed by atoms with Crippen LogP contribution in [-0.2, 0) is 24.0 Å². The molecule has 4 nitrogen and oxygen atoms in total. The zero-order chi connectivity index (χ0) is 17.2. The Labute approximate surface area is 144 Å². The fourth-order valence-corrected chi connectivity index (χ4v) is 2.39. The predicted octanol–water partition coefficient (Wildman–Crippen LogP) is 3.21. The minimum Gasteiger partial charge on any atom is -0.493 e. The van der Waals surface area contributed by atoms with Crippen LogP contribution < -0.4 is 4.74 Å². The molecule has 1 N–H and O–H groups in total. The second kappa shape index (κ2) is 10.1. The van der Waals surface area contributed by atoms with Crippen LogP contribution in [0.4, 0.5) is 0 Å². The number of aliphatic hydroxyl groups excluding tert-OH is 1. The third-order valence-electron chi connectivity index (χ3n) is 3.83. The third-order valence-corrected chi connectivity index (χ3v) is 3.83. The van der Waals surface area contributed by atoms with Crippen molar-refractivity contribution in [2.24, 2.45) is 0 Å². The standard InChI is InChI=1S/C20H27NO3/c1-3-16-5-8-18(21-14-16)11-12-24-20-9-6-17(7-10-20)13-19(22)15-23-4-2/h5-10,14,19,22H,3-4,11-13,15H2,1-2H3. The molecule has 2 rings (SSSR count). The monoisotopic (exact) mass is 329 g/mol. The fourth-order valence-electron chi connectivity index (χ4n) is 2.39. The first kappa shape index (κ1) is 18.4. The van der Waals surface area contributed by atoms with Crippen molar-refractivity contribution >= 4 is 0 Å². The molecule has 1 atom stereocenters. The van der Waals surface area contributed by atoms with Gasteiger partial charge in [0, 0.05) is 31.3 Å². The largest absolute Gasteiger partial charge is 0.493 e. The minimum atomic E-state index is -0.464. The molecule has 130 valence electrons. The molecule has 0 saturated carbocycles. The number of ether oxygens (including phenoxy) is 2. The van der Waals surface area contributed by atoms with Crippen molar-refractivity contribution in [3.8, 4) is 5.75 Å². The van der Waals surface area contributed by atoms with Crippen molar-refractivity contribution in [2.75, 3.05) is 19.8 Å². The average Bonchev–Trinajstić information content (AvgIpc) is 2.62. The summed E-state index contributed by atoms with van der Waals surface area (Å²) in [4.78, 5) is 4.43. The molecule has 0 radical (unpaired) electrons. The van der Waals surface area contributed by atoms with Gasteiger partial charge in [-0.3, -0.25) is 4.98 Å². The highest BCUT2D eigenvalue weighted by molar-refractivity contribution is 5.27. The summed E-state index contributed by atoms with van der Waals surface area (Å²) in [6.45, 7) is 5.65. The van der Waals surface area contributed by atoms with Gasteiger partial charge in [0.2, 0.25) is 0 Å². The van der Waals surface area contributed by atoms with Crippen LogP contribution in [0.3, 0.4) is 0 Å². The first-order valence-corrected chi connectivity index (χ1v) is 8.62. The summed E-state index contributed by atoms with van der Waals surface area (Å²) in [6, 6.07) is 12.0. The van der Waals surface area contributed by atoms with Crippen LogP contribution >= 0.6 is 0 Å². The van der Waals surface area contributed by atoms with Gasteiger partial charge >= 0.3 is 0 Å². The molecule has 1 heterocycles. The Bertz CT molecular complexity index is 581. The van der Waals surface area contributed by atoms with Crippen molar-refractivity contribution in [2.45, 2.75) is 39.2 Å². The molecule has 1 aromatic carbocycles. The Hall–Kier alpha value is -1.91. The van der Waals surface area contributed by atoms with Gasteiger partial charge in [-0.15, -0.1) is 0 Å². The van der Waals surface area contributed by atoms with Crippen LogP contribution in [0.15, 0.2) is 42.6 Å². The molecule has 2 aromatic rings.